The van der Waals surface area contributed by atoms with Crippen molar-refractivity contribution in [1.82, 2.24) is 14.5 Å². The first-order chi connectivity index (χ1) is 17.3. The third-order valence-corrected chi connectivity index (χ3v) is 6.42. The smallest absolute Gasteiger partial charge is 0.258 e. The van der Waals surface area contributed by atoms with E-state index in [9.17, 15) is 14.9 Å². The van der Waals surface area contributed by atoms with E-state index in [0.717, 1.165) is 17.5 Å². The maximum absolute atomic E-state index is 13.9. The van der Waals surface area contributed by atoms with Crippen molar-refractivity contribution in [2.75, 3.05) is 13.1 Å². The molecular weight excluding hydrogens is 450 g/mol. The van der Waals surface area contributed by atoms with Gasteiger partial charge in [0.05, 0.1) is 18.2 Å². The lowest BCUT2D eigenvalue weighted by atomic mass is 9.98. The van der Waals surface area contributed by atoms with Crippen LogP contribution in [0.4, 0.5) is 0 Å². The number of nitrogens with zero attached hydrogens (tertiary/aromatic N) is 4. The van der Waals surface area contributed by atoms with Crippen molar-refractivity contribution in [2.45, 2.75) is 53.1 Å². The first kappa shape index (κ1) is 26.8. The topological polar surface area (TPSA) is 105 Å². The minimum atomic E-state index is -0.529. The summed E-state index contributed by atoms with van der Waals surface area (Å²) in [5.74, 6) is 0.186. The molecule has 0 fully saturated rings. The van der Waals surface area contributed by atoms with E-state index in [0.29, 0.717) is 43.0 Å². The van der Waals surface area contributed by atoms with Gasteiger partial charge in [-0.15, -0.1) is 0 Å². The number of hydrogen-bond acceptors (Lipinski definition) is 5. The van der Waals surface area contributed by atoms with Gasteiger partial charge in [0.25, 0.3) is 11.5 Å². The molecule has 0 saturated carbocycles. The predicted molar refractivity (Wildman–Crippen MR) is 142 cm³/mol. The van der Waals surface area contributed by atoms with Crippen molar-refractivity contribution in [1.29, 1.82) is 5.26 Å². The Morgan fingerprint density at radius 2 is 1.78 bits per heavy atom. The van der Waals surface area contributed by atoms with Gasteiger partial charge in [-0.2, -0.15) is 5.26 Å². The number of aryl methyl sites for hydroxylation is 1. The van der Waals surface area contributed by atoms with Gasteiger partial charge in [0.1, 0.15) is 11.9 Å². The molecule has 1 aromatic heterocycles. The minimum Gasteiger partial charge on any atom is -0.330 e. The third-order valence-electron chi connectivity index (χ3n) is 6.42. The Kier molecular flexibility index (Phi) is 9.15. The average molecular weight is 486 g/mol. The molecule has 0 aliphatic heterocycles. The van der Waals surface area contributed by atoms with E-state index in [1.807, 2.05) is 68.4 Å². The summed E-state index contributed by atoms with van der Waals surface area (Å²) in [5, 5.41) is 9.73. The van der Waals surface area contributed by atoms with Gasteiger partial charge in [0.15, 0.2) is 5.69 Å². The molecule has 0 aliphatic carbocycles. The summed E-state index contributed by atoms with van der Waals surface area (Å²) < 4.78 is 1.61. The zero-order valence-electron chi connectivity index (χ0n) is 21.6. The van der Waals surface area contributed by atoms with Crippen molar-refractivity contribution >= 4 is 5.91 Å². The van der Waals surface area contributed by atoms with Gasteiger partial charge in [0, 0.05) is 12.1 Å². The fraction of sp³-hybridized carbons (Fsp3) is 0.379. The van der Waals surface area contributed by atoms with E-state index in [1.165, 1.54) is 0 Å². The second kappa shape index (κ2) is 12.3. The van der Waals surface area contributed by atoms with Crippen molar-refractivity contribution in [3.63, 3.8) is 0 Å². The number of rotatable bonds is 10. The number of aromatic nitrogens is 2. The van der Waals surface area contributed by atoms with E-state index in [1.54, 1.807) is 16.4 Å². The molecular formula is C29H35N5O2. The quantitative estimate of drug-likeness (QED) is 0.463. The van der Waals surface area contributed by atoms with Crippen molar-refractivity contribution in [3.05, 3.63) is 98.7 Å². The Balaban J connectivity index is 2.19. The molecule has 1 amide bonds. The molecule has 0 saturated heterocycles. The van der Waals surface area contributed by atoms with Crippen LogP contribution in [0.15, 0.2) is 59.4 Å². The molecule has 7 heteroatoms. The number of nitrogens with two attached hydrogens (primary N) is 1. The summed E-state index contributed by atoms with van der Waals surface area (Å²) in [5.41, 5.74) is 8.60. The number of carbonyl (C=O) groups excluding carboxylic acids is 1. The van der Waals surface area contributed by atoms with Gasteiger partial charge in [-0.05, 0) is 55.5 Å². The van der Waals surface area contributed by atoms with Crippen LogP contribution in [0.25, 0.3) is 0 Å². The van der Waals surface area contributed by atoms with E-state index in [4.69, 9.17) is 5.73 Å². The summed E-state index contributed by atoms with van der Waals surface area (Å²) in [6.07, 6.45) is 1.48. The van der Waals surface area contributed by atoms with Crippen LogP contribution in [0.3, 0.4) is 0 Å². The van der Waals surface area contributed by atoms with E-state index in [2.05, 4.69) is 18.0 Å². The van der Waals surface area contributed by atoms with Crippen LogP contribution in [0, 0.1) is 24.2 Å². The lowest BCUT2D eigenvalue weighted by Gasteiger charge is -2.35. The normalized spacial score (nSPS) is 11.8. The van der Waals surface area contributed by atoms with Gasteiger partial charge in [-0.3, -0.25) is 14.2 Å². The van der Waals surface area contributed by atoms with Gasteiger partial charge in [0.2, 0.25) is 0 Å². The summed E-state index contributed by atoms with van der Waals surface area (Å²) in [7, 11) is 0. The van der Waals surface area contributed by atoms with E-state index >= 15 is 0 Å². The summed E-state index contributed by atoms with van der Waals surface area (Å²) in [6.45, 7) is 8.81. The zero-order chi connectivity index (χ0) is 26.2. The van der Waals surface area contributed by atoms with E-state index in [-0.39, 0.29) is 23.1 Å². The third kappa shape index (κ3) is 5.89. The summed E-state index contributed by atoms with van der Waals surface area (Å²) in [4.78, 5) is 33.8. The molecule has 7 nitrogen and oxygen atoms in total. The molecule has 188 valence electrons. The largest absolute Gasteiger partial charge is 0.330 e. The van der Waals surface area contributed by atoms with Crippen LogP contribution in [0.5, 0.6) is 0 Å². The van der Waals surface area contributed by atoms with Gasteiger partial charge < -0.3 is 10.6 Å². The molecule has 0 radical (unpaired) electrons. The van der Waals surface area contributed by atoms with Crippen LogP contribution in [-0.4, -0.2) is 33.4 Å². The lowest BCUT2D eigenvalue weighted by Crippen LogP contribution is -2.43. The lowest BCUT2D eigenvalue weighted by molar-refractivity contribution is 0.0602. The SMILES string of the molecule is CCc1ccc(C(=O)N(CCCN)C(c2nc(C#N)c(C)c(=O)n2Cc2ccccc2)C(C)C)cc1. The molecule has 3 rings (SSSR count). The summed E-state index contributed by atoms with van der Waals surface area (Å²) in [6, 6.07) is 18.8. The highest BCUT2D eigenvalue weighted by Gasteiger charge is 2.33. The molecule has 0 bridgehead atoms. The highest BCUT2D eigenvalue weighted by molar-refractivity contribution is 5.94. The molecule has 3 aromatic rings. The van der Waals surface area contributed by atoms with Crippen LogP contribution in [0.2, 0.25) is 0 Å². The first-order valence-electron chi connectivity index (χ1n) is 12.5. The second-order valence-corrected chi connectivity index (χ2v) is 9.31. The van der Waals surface area contributed by atoms with Crippen molar-refractivity contribution < 1.29 is 4.79 Å². The maximum Gasteiger partial charge on any atom is 0.258 e. The Bertz CT molecular complexity index is 1270. The number of carbonyl (C=O) groups is 1. The Hall–Kier alpha value is -3.76. The minimum absolute atomic E-state index is 0.0789. The first-order valence-corrected chi connectivity index (χ1v) is 12.5. The monoisotopic (exact) mass is 485 g/mol. The van der Waals surface area contributed by atoms with Gasteiger partial charge in [-0.1, -0.05) is 63.2 Å². The number of benzene rings is 2. The average Bonchev–Trinajstić information content (AvgIpc) is 2.90. The second-order valence-electron chi connectivity index (χ2n) is 9.31. The Labute approximate surface area is 213 Å². The molecule has 36 heavy (non-hydrogen) atoms. The fourth-order valence-corrected chi connectivity index (χ4v) is 4.39. The van der Waals surface area contributed by atoms with Gasteiger partial charge in [-0.25, -0.2) is 4.98 Å². The molecule has 1 unspecified atom stereocenters. The van der Waals surface area contributed by atoms with Crippen LogP contribution < -0.4 is 11.3 Å². The number of hydrogen-bond donors (Lipinski definition) is 1. The Morgan fingerprint density at radius 3 is 2.33 bits per heavy atom. The highest BCUT2D eigenvalue weighted by atomic mass is 16.2. The number of nitriles is 1. The maximum atomic E-state index is 13.9. The van der Waals surface area contributed by atoms with Crippen LogP contribution in [0.1, 0.15) is 71.8 Å². The van der Waals surface area contributed by atoms with Crippen LogP contribution >= 0.6 is 0 Å². The van der Waals surface area contributed by atoms with Crippen LogP contribution in [-0.2, 0) is 13.0 Å². The zero-order valence-corrected chi connectivity index (χ0v) is 21.6. The molecule has 1 atom stereocenters. The predicted octanol–water partition coefficient (Wildman–Crippen LogP) is 4.22. The van der Waals surface area contributed by atoms with Gasteiger partial charge >= 0.3 is 0 Å². The highest BCUT2D eigenvalue weighted by Crippen LogP contribution is 2.30. The molecule has 1 heterocycles. The Morgan fingerprint density at radius 1 is 1.11 bits per heavy atom. The van der Waals surface area contributed by atoms with Crippen molar-refractivity contribution in [2.24, 2.45) is 11.7 Å². The standard InChI is InChI=1S/C29H35N5O2/c1-5-22-12-14-24(15-13-22)29(36)33(17-9-16-30)26(20(2)3)27-32-25(18-31)21(4)28(35)34(27)19-23-10-7-6-8-11-23/h6-8,10-15,20,26H,5,9,16-17,19,30H2,1-4H3. The molecule has 0 spiro atoms. The molecule has 0 aliphatic rings. The van der Waals surface area contributed by atoms with Crippen molar-refractivity contribution in [3.8, 4) is 6.07 Å². The fourth-order valence-electron chi connectivity index (χ4n) is 4.39. The van der Waals surface area contributed by atoms with E-state index < -0.39 is 6.04 Å². The molecule has 2 aromatic carbocycles. The molecule has 2 N–H and O–H groups in total. The number of amides is 1. The summed E-state index contributed by atoms with van der Waals surface area (Å²) >= 11 is 0.